The number of fused-ring (bicyclic) bond motifs is 1. The van der Waals surface area contributed by atoms with Crippen molar-refractivity contribution in [2.45, 2.75) is 19.9 Å². The van der Waals surface area contributed by atoms with Gasteiger partial charge in [-0.2, -0.15) is 5.10 Å². The van der Waals surface area contributed by atoms with Crippen LogP contribution in [0.1, 0.15) is 12.6 Å². The molecule has 0 bridgehead atoms. The van der Waals surface area contributed by atoms with Crippen LogP contribution in [0.4, 0.5) is 5.69 Å². The topological polar surface area (TPSA) is 76.9 Å². The Morgan fingerprint density at radius 3 is 2.79 bits per heavy atom. The molecule has 0 saturated carbocycles. The summed E-state index contributed by atoms with van der Waals surface area (Å²) in [6.45, 7) is 3.76. The summed E-state index contributed by atoms with van der Waals surface area (Å²) < 4.78 is 24.2. The van der Waals surface area contributed by atoms with E-state index in [1.54, 1.807) is 10.9 Å². The minimum absolute atomic E-state index is 0.0943. The number of sulfone groups is 1. The lowest BCUT2D eigenvalue weighted by Gasteiger charge is -2.13. The van der Waals surface area contributed by atoms with Gasteiger partial charge in [0.1, 0.15) is 9.84 Å². The highest BCUT2D eigenvalue weighted by Gasteiger charge is 2.12. The van der Waals surface area contributed by atoms with Crippen molar-refractivity contribution in [3.05, 3.63) is 18.0 Å². The van der Waals surface area contributed by atoms with Gasteiger partial charge in [-0.15, -0.1) is 0 Å². The van der Waals surface area contributed by atoms with Gasteiger partial charge in [0, 0.05) is 24.7 Å². The second-order valence-electron chi connectivity index (χ2n) is 4.94. The third-order valence-corrected chi connectivity index (χ3v) is 3.93. The molecule has 1 N–H and O–H groups in total. The first kappa shape index (κ1) is 13.8. The van der Waals surface area contributed by atoms with Crippen LogP contribution in [-0.4, -0.2) is 41.2 Å². The Morgan fingerprint density at radius 1 is 1.47 bits per heavy atom. The summed E-state index contributed by atoms with van der Waals surface area (Å²) in [5, 5.41) is 8.42. The van der Waals surface area contributed by atoms with Crippen LogP contribution in [-0.2, 0) is 16.9 Å². The van der Waals surface area contributed by atoms with Crippen LogP contribution in [0.15, 0.2) is 12.3 Å². The first-order valence-corrected chi connectivity index (χ1v) is 8.06. The highest BCUT2D eigenvalue weighted by Crippen LogP contribution is 2.19. The Balaban J connectivity index is 2.24. The van der Waals surface area contributed by atoms with Gasteiger partial charge in [-0.25, -0.2) is 13.4 Å². The van der Waals surface area contributed by atoms with E-state index >= 15 is 0 Å². The highest BCUT2D eigenvalue weighted by atomic mass is 32.2. The second-order valence-corrected chi connectivity index (χ2v) is 7.13. The third-order valence-electron chi connectivity index (χ3n) is 2.83. The molecule has 0 aliphatic rings. The van der Waals surface area contributed by atoms with Crippen molar-refractivity contribution < 1.29 is 8.42 Å². The zero-order chi connectivity index (χ0) is 14.2. The lowest BCUT2D eigenvalue weighted by molar-refractivity contribution is 0.598. The standard InChI is InChI=1S/C12H18N4O2S/c1-8(7-19(4,17)18)14-10-5-11-9(2)15-16(3)12(11)13-6-10/h5-6,8,14H,7H2,1-4H3. The highest BCUT2D eigenvalue weighted by molar-refractivity contribution is 7.90. The minimum atomic E-state index is -2.99. The van der Waals surface area contributed by atoms with E-state index in [0.717, 1.165) is 22.4 Å². The van der Waals surface area contributed by atoms with Gasteiger partial charge in [0.2, 0.25) is 0 Å². The number of pyridine rings is 1. The van der Waals surface area contributed by atoms with Crippen LogP contribution in [0.2, 0.25) is 0 Å². The van der Waals surface area contributed by atoms with E-state index < -0.39 is 9.84 Å². The maximum atomic E-state index is 11.2. The van der Waals surface area contributed by atoms with Crippen molar-refractivity contribution in [2.24, 2.45) is 7.05 Å². The summed E-state index contributed by atoms with van der Waals surface area (Å²) in [4.78, 5) is 4.34. The van der Waals surface area contributed by atoms with Crippen LogP contribution in [0.3, 0.4) is 0 Å². The fourth-order valence-corrected chi connectivity index (χ4v) is 3.16. The van der Waals surface area contributed by atoms with Gasteiger partial charge < -0.3 is 5.32 Å². The SMILES string of the molecule is Cc1nn(C)c2ncc(NC(C)CS(C)(=O)=O)cc12. The zero-order valence-corrected chi connectivity index (χ0v) is 12.3. The first-order valence-electron chi connectivity index (χ1n) is 6.00. The molecule has 0 radical (unpaired) electrons. The molecule has 0 aliphatic heterocycles. The monoisotopic (exact) mass is 282 g/mol. The molecule has 2 aromatic heterocycles. The Bertz CT molecular complexity index is 706. The molecule has 1 unspecified atom stereocenters. The molecular formula is C12H18N4O2S. The molecule has 2 rings (SSSR count). The van der Waals surface area contributed by atoms with Gasteiger partial charge in [-0.1, -0.05) is 0 Å². The summed E-state index contributed by atoms with van der Waals surface area (Å²) in [5.74, 6) is 0.0943. The summed E-state index contributed by atoms with van der Waals surface area (Å²) >= 11 is 0. The summed E-state index contributed by atoms with van der Waals surface area (Å²) in [6, 6.07) is 1.79. The van der Waals surface area contributed by atoms with Crippen molar-refractivity contribution in [1.82, 2.24) is 14.8 Å². The minimum Gasteiger partial charge on any atom is -0.380 e. The number of nitrogens with one attached hydrogen (secondary N) is 1. The number of aromatic nitrogens is 3. The molecule has 104 valence electrons. The number of hydrogen-bond donors (Lipinski definition) is 1. The average Bonchev–Trinajstić information content (AvgIpc) is 2.51. The fraction of sp³-hybridized carbons (Fsp3) is 0.500. The average molecular weight is 282 g/mol. The molecule has 0 saturated heterocycles. The van der Waals surface area contributed by atoms with E-state index in [1.165, 1.54) is 6.26 Å². The van der Waals surface area contributed by atoms with Gasteiger partial charge in [0.05, 0.1) is 23.3 Å². The number of anilines is 1. The van der Waals surface area contributed by atoms with Crippen molar-refractivity contribution in [2.75, 3.05) is 17.3 Å². The Labute approximate surface area is 112 Å². The molecule has 0 spiro atoms. The summed E-state index contributed by atoms with van der Waals surface area (Å²) in [5.41, 5.74) is 2.53. The fourth-order valence-electron chi connectivity index (χ4n) is 2.17. The van der Waals surface area contributed by atoms with E-state index in [9.17, 15) is 8.42 Å². The third kappa shape index (κ3) is 3.23. The van der Waals surface area contributed by atoms with Crippen molar-refractivity contribution in [1.29, 1.82) is 0 Å². The van der Waals surface area contributed by atoms with Crippen LogP contribution < -0.4 is 5.32 Å². The molecule has 19 heavy (non-hydrogen) atoms. The molecule has 7 heteroatoms. The number of hydrogen-bond acceptors (Lipinski definition) is 5. The second kappa shape index (κ2) is 4.80. The summed E-state index contributed by atoms with van der Waals surface area (Å²) in [6.07, 6.45) is 2.93. The van der Waals surface area contributed by atoms with Gasteiger partial charge in [-0.3, -0.25) is 4.68 Å². The molecule has 0 aliphatic carbocycles. The van der Waals surface area contributed by atoms with Crippen LogP contribution in [0, 0.1) is 6.92 Å². The van der Waals surface area contributed by atoms with Crippen LogP contribution in [0.5, 0.6) is 0 Å². The molecule has 0 aromatic carbocycles. The Morgan fingerprint density at radius 2 is 2.16 bits per heavy atom. The first-order chi connectivity index (χ1) is 8.76. The largest absolute Gasteiger partial charge is 0.380 e. The molecule has 6 nitrogen and oxygen atoms in total. The smallest absolute Gasteiger partial charge is 0.157 e. The molecular weight excluding hydrogens is 264 g/mol. The molecule has 0 amide bonds. The predicted octanol–water partition coefficient (Wildman–Crippen LogP) is 1.12. The number of rotatable bonds is 4. The van der Waals surface area contributed by atoms with Gasteiger partial charge in [0.15, 0.2) is 5.65 Å². The Kier molecular flexibility index (Phi) is 3.49. The molecule has 2 heterocycles. The summed E-state index contributed by atoms with van der Waals surface area (Å²) in [7, 11) is -1.14. The zero-order valence-electron chi connectivity index (χ0n) is 11.5. The van der Waals surface area contributed by atoms with E-state index in [4.69, 9.17) is 0 Å². The number of nitrogens with zero attached hydrogens (tertiary/aromatic N) is 3. The van der Waals surface area contributed by atoms with E-state index in [2.05, 4.69) is 15.4 Å². The van der Waals surface area contributed by atoms with E-state index in [0.29, 0.717) is 0 Å². The molecule has 1 atom stereocenters. The van der Waals surface area contributed by atoms with Gasteiger partial charge in [0.25, 0.3) is 0 Å². The van der Waals surface area contributed by atoms with Crippen molar-refractivity contribution >= 4 is 26.6 Å². The predicted molar refractivity (Wildman–Crippen MR) is 76.0 cm³/mol. The normalized spacial score (nSPS) is 13.7. The lowest BCUT2D eigenvalue weighted by Crippen LogP contribution is -2.25. The maximum Gasteiger partial charge on any atom is 0.157 e. The van der Waals surface area contributed by atoms with Crippen LogP contribution in [0.25, 0.3) is 11.0 Å². The number of aryl methyl sites for hydroxylation is 2. The lowest BCUT2D eigenvalue weighted by atomic mass is 10.2. The quantitative estimate of drug-likeness (QED) is 0.909. The molecule has 0 fully saturated rings. The van der Waals surface area contributed by atoms with E-state index in [1.807, 2.05) is 27.0 Å². The van der Waals surface area contributed by atoms with Crippen molar-refractivity contribution in [3.8, 4) is 0 Å². The van der Waals surface area contributed by atoms with Crippen molar-refractivity contribution in [3.63, 3.8) is 0 Å². The van der Waals surface area contributed by atoms with Gasteiger partial charge >= 0.3 is 0 Å². The maximum absolute atomic E-state index is 11.2. The molecule has 2 aromatic rings. The van der Waals surface area contributed by atoms with Crippen LogP contribution >= 0.6 is 0 Å². The van der Waals surface area contributed by atoms with E-state index in [-0.39, 0.29) is 11.8 Å². The Hall–Kier alpha value is -1.63. The van der Waals surface area contributed by atoms with Gasteiger partial charge in [-0.05, 0) is 19.9 Å².